The van der Waals surface area contributed by atoms with Gasteiger partial charge in [0.25, 0.3) is 0 Å². The van der Waals surface area contributed by atoms with E-state index in [-0.39, 0.29) is 11.2 Å². The zero-order valence-corrected chi connectivity index (χ0v) is 16.8. The van der Waals surface area contributed by atoms with Crippen molar-refractivity contribution in [2.24, 2.45) is 0 Å². The van der Waals surface area contributed by atoms with E-state index in [1.54, 1.807) is 42.5 Å². The summed E-state index contributed by atoms with van der Waals surface area (Å²) in [4.78, 5) is 16.2. The first kappa shape index (κ1) is 20.8. The summed E-state index contributed by atoms with van der Waals surface area (Å²) in [5.41, 5.74) is 2.50. The number of aromatic amines is 1. The molecule has 0 aliphatic rings. The van der Waals surface area contributed by atoms with Gasteiger partial charge in [-0.1, -0.05) is 23.7 Å². The molecule has 0 radical (unpaired) electrons. The highest BCUT2D eigenvalue weighted by Crippen LogP contribution is 2.29. The minimum Gasteiger partial charge on any atom is -0.457 e. The lowest BCUT2D eigenvalue weighted by Gasteiger charge is -2.11. The van der Waals surface area contributed by atoms with Crippen molar-refractivity contribution in [2.75, 3.05) is 0 Å². The lowest BCUT2D eigenvalue weighted by molar-refractivity contribution is -0.274. The largest absolute Gasteiger partial charge is 0.573 e. The number of aryl methyl sites for hydroxylation is 1. The molecule has 4 rings (SSSR count). The second-order valence-electron chi connectivity index (χ2n) is 6.79. The van der Waals surface area contributed by atoms with Crippen LogP contribution in [0.1, 0.15) is 5.69 Å². The van der Waals surface area contributed by atoms with Crippen molar-refractivity contribution >= 4 is 22.5 Å². The Hall–Kier alpha value is -3.45. The van der Waals surface area contributed by atoms with E-state index < -0.39 is 6.36 Å². The second-order valence-corrected chi connectivity index (χ2v) is 7.23. The van der Waals surface area contributed by atoms with Gasteiger partial charge in [0.2, 0.25) is 0 Å². The maximum Gasteiger partial charge on any atom is 0.573 e. The van der Waals surface area contributed by atoms with Crippen LogP contribution in [-0.4, -0.2) is 11.3 Å². The van der Waals surface area contributed by atoms with Crippen LogP contribution in [-0.2, 0) is 0 Å². The minimum absolute atomic E-state index is 0.136. The van der Waals surface area contributed by atoms with Crippen molar-refractivity contribution < 1.29 is 22.6 Å². The van der Waals surface area contributed by atoms with Crippen molar-refractivity contribution in [1.29, 1.82) is 0 Å². The van der Waals surface area contributed by atoms with E-state index >= 15 is 0 Å². The molecule has 0 amide bonds. The molecule has 4 aromatic rings. The molecule has 1 heterocycles. The van der Waals surface area contributed by atoms with E-state index in [0.29, 0.717) is 44.2 Å². The van der Waals surface area contributed by atoms with Gasteiger partial charge in [-0.15, -0.1) is 13.2 Å². The van der Waals surface area contributed by atoms with E-state index in [1.807, 2.05) is 6.92 Å². The summed E-state index contributed by atoms with van der Waals surface area (Å²) in [5.74, 6) is 0.476. The Morgan fingerprint density at radius 3 is 2.06 bits per heavy atom. The monoisotopic (exact) mass is 445 g/mol. The summed E-state index contributed by atoms with van der Waals surface area (Å²) in [6.45, 7) is 1.82. The smallest absolute Gasteiger partial charge is 0.457 e. The van der Waals surface area contributed by atoms with Crippen LogP contribution in [0.4, 0.5) is 13.2 Å². The standard InChI is InChI=1S/C23H15ClF3NO3/c1-13-21(22(29)19-12-15(24)4-11-20(19)28-13)14-2-5-16(6-3-14)30-17-7-9-18(10-8-17)31-23(25,26)27/h2-12H,1H3,(H,28,29). The molecule has 0 aliphatic heterocycles. The highest BCUT2D eigenvalue weighted by atomic mass is 35.5. The van der Waals surface area contributed by atoms with Gasteiger partial charge in [-0.05, 0) is 67.1 Å². The molecule has 31 heavy (non-hydrogen) atoms. The number of halogens is 4. The third-order valence-electron chi connectivity index (χ3n) is 4.59. The van der Waals surface area contributed by atoms with Crippen molar-refractivity contribution in [2.45, 2.75) is 13.3 Å². The second kappa shape index (κ2) is 8.00. The SMILES string of the molecule is Cc1[nH]c2ccc(Cl)cc2c(=O)c1-c1ccc(Oc2ccc(OC(F)(F)F)cc2)cc1. The summed E-state index contributed by atoms with van der Waals surface area (Å²) in [7, 11) is 0. The van der Waals surface area contributed by atoms with Crippen LogP contribution in [0, 0.1) is 6.92 Å². The number of H-pyrrole nitrogens is 1. The Balaban J connectivity index is 1.58. The van der Waals surface area contributed by atoms with Crippen LogP contribution in [0.15, 0.2) is 71.5 Å². The molecule has 0 aliphatic carbocycles. The normalized spacial score (nSPS) is 11.5. The fraction of sp³-hybridized carbons (Fsp3) is 0.0870. The summed E-state index contributed by atoms with van der Waals surface area (Å²) >= 11 is 6.04. The third-order valence-corrected chi connectivity index (χ3v) is 4.82. The quantitative estimate of drug-likeness (QED) is 0.374. The van der Waals surface area contributed by atoms with Crippen molar-refractivity contribution in [3.05, 3.63) is 87.7 Å². The van der Waals surface area contributed by atoms with E-state index in [1.165, 1.54) is 24.3 Å². The van der Waals surface area contributed by atoms with Gasteiger partial charge in [0.15, 0.2) is 5.43 Å². The van der Waals surface area contributed by atoms with Crippen LogP contribution in [0.5, 0.6) is 17.2 Å². The van der Waals surface area contributed by atoms with Crippen LogP contribution in [0.3, 0.4) is 0 Å². The fourth-order valence-corrected chi connectivity index (χ4v) is 3.44. The Bertz CT molecular complexity index is 1300. The number of nitrogens with one attached hydrogen (secondary N) is 1. The summed E-state index contributed by atoms with van der Waals surface area (Å²) in [5, 5.41) is 0.970. The Morgan fingerprint density at radius 2 is 1.45 bits per heavy atom. The molecule has 0 saturated carbocycles. The molecular weight excluding hydrogens is 431 g/mol. The van der Waals surface area contributed by atoms with Crippen molar-refractivity contribution in [1.82, 2.24) is 4.98 Å². The lowest BCUT2D eigenvalue weighted by Crippen LogP contribution is -2.16. The van der Waals surface area contributed by atoms with Gasteiger partial charge >= 0.3 is 6.36 Å². The molecule has 1 N–H and O–H groups in total. The number of aromatic nitrogens is 1. The highest BCUT2D eigenvalue weighted by molar-refractivity contribution is 6.31. The molecule has 0 atom stereocenters. The zero-order valence-electron chi connectivity index (χ0n) is 16.1. The van der Waals surface area contributed by atoms with Gasteiger partial charge in [-0.25, -0.2) is 0 Å². The first-order valence-electron chi connectivity index (χ1n) is 9.16. The predicted octanol–water partition coefficient (Wildman–Crippen LogP) is 6.85. The highest BCUT2D eigenvalue weighted by Gasteiger charge is 2.31. The molecule has 0 bridgehead atoms. The average Bonchev–Trinajstić information content (AvgIpc) is 2.70. The topological polar surface area (TPSA) is 51.3 Å². The number of rotatable bonds is 4. The number of fused-ring (bicyclic) bond motifs is 1. The molecule has 0 unspecified atom stereocenters. The first-order chi connectivity index (χ1) is 14.7. The molecule has 1 aromatic heterocycles. The van der Waals surface area contributed by atoms with Gasteiger partial charge in [-0.2, -0.15) is 0 Å². The number of ether oxygens (including phenoxy) is 2. The van der Waals surface area contributed by atoms with Gasteiger partial charge in [-0.3, -0.25) is 4.79 Å². The van der Waals surface area contributed by atoms with Crippen LogP contribution < -0.4 is 14.9 Å². The van der Waals surface area contributed by atoms with Gasteiger partial charge in [0.05, 0.1) is 0 Å². The number of pyridine rings is 1. The summed E-state index contributed by atoms with van der Waals surface area (Å²) < 4.78 is 46.2. The molecule has 0 saturated heterocycles. The van der Waals surface area contributed by atoms with E-state index in [4.69, 9.17) is 16.3 Å². The van der Waals surface area contributed by atoms with Gasteiger partial charge in [0.1, 0.15) is 17.2 Å². The molecule has 3 aromatic carbocycles. The maximum absolute atomic E-state index is 13.0. The van der Waals surface area contributed by atoms with E-state index in [9.17, 15) is 18.0 Å². The molecule has 0 fully saturated rings. The molecule has 0 spiro atoms. The maximum atomic E-state index is 13.0. The van der Waals surface area contributed by atoms with Crippen LogP contribution in [0.25, 0.3) is 22.0 Å². The number of hydrogen-bond acceptors (Lipinski definition) is 3. The molecule has 4 nitrogen and oxygen atoms in total. The summed E-state index contributed by atoms with van der Waals surface area (Å²) in [6, 6.07) is 17.0. The fourth-order valence-electron chi connectivity index (χ4n) is 3.27. The van der Waals surface area contributed by atoms with E-state index in [2.05, 4.69) is 9.72 Å². The third kappa shape index (κ3) is 4.67. The zero-order chi connectivity index (χ0) is 22.2. The van der Waals surface area contributed by atoms with Crippen LogP contribution in [0.2, 0.25) is 5.02 Å². The van der Waals surface area contributed by atoms with E-state index in [0.717, 1.165) is 0 Å². The van der Waals surface area contributed by atoms with Crippen molar-refractivity contribution in [3.8, 4) is 28.4 Å². The Kier molecular flexibility index (Phi) is 5.37. The molecular formula is C23H15ClF3NO3. The van der Waals surface area contributed by atoms with Gasteiger partial charge in [0, 0.05) is 27.2 Å². The number of hydrogen-bond donors (Lipinski definition) is 1. The number of alkyl halides is 3. The molecule has 158 valence electrons. The van der Waals surface area contributed by atoms with Crippen molar-refractivity contribution in [3.63, 3.8) is 0 Å². The van der Waals surface area contributed by atoms with Crippen LogP contribution >= 0.6 is 11.6 Å². The minimum atomic E-state index is -4.75. The first-order valence-corrected chi connectivity index (χ1v) is 9.54. The predicted molar refractivity (Wildman–Crippen MR) is 113 cm³/mol. The Morgan fingerprint density at radius 1 is 0.871 bits per heavy atom. The van der Waals surface area contributed by atoms with Gasteiger partial charge < -0.3 is 14.5 Å². The Labute approximate surface area is 179 Å². The number of benzene rings is 3. The molecule has 8 heteroatoms. The average molecular weight is 446 g/mol. The summed E-state index contributed by atoms with van der Waals surface area (Å²) in [6.07, 6.45) is -4.75. The lowest BCUT2D eigenvalue weighted by atomic mass is 10.0.